The molecule has 14 bridgehead atoms. The smallest absolute Gasteiger partial charge is 0.331 e. The van der Waals surface area contributed by atoms with Crippen LogP contribution in [-0.2, 0) is 127 Å². The van der Waals surface area contributed by atoms with Gasteiger partial charge < -0.3 is 198 Å². The number of carbonyl (C=O) groups is 6. The van der Waals surface area contributed by atoms with E-state index in [9.17, 15) is 154 Å². The van der Waals surface area contributed by atoms with E-state index < -0.39 is 362 Å². The molecule has 0 spiro atoms. The molecule has 0 aliphatic carbocycles. The molecular weight excluding hydrogens is 1900 g/mol. The summed E-state index contributed by atoms with van der Waals surface area (Å²) < 4.78 is 133. The minimum absolute atomic E-state index is 0.0590. The second kappa shape index (κ2) is 53.9. The molecule has 0 aromatic carbocycles. The van der Waals surface area contributed by atoms with Crippen LogP contribution in [0.25, 0.3) is 0 Å². The molecule has 21 saturated heterocycles. The summed E-state index contributed by atoms with van der Waals surface area (Å²) in [4.78, 5) is 128. The molecule has 0 saturated carbocycles. The number of likely N-dealkylation sites (N-methyl/N-ethyl adjacent to an activating group) is 1. The second-order valence-corrected chi connectivity index (χ2v) is 35.5. The first-order chi connectivity index (χ1) is 65.3. The monoisotopic (exact) mass is 2020 g/mol. The van der Waals surface area contributed by atoms with E-state index in [4.69, 9.17) is 85.3 Å². The number of thioether (sulfide) groups is 2. The highest BCUT2D eigenvalue weighted by Gasteiger charge is 2.60. The third-order valence-corrected chi connectivity index (χ3v) is 25.8. The number of nitrogens with one attached hydrogen (secondary N) is 5. The number of ketones is 2. The molecule has 23 heterocycles. The number of esters is 2. The van der Waals surface area contributed by atoms with E-state index in [1.165, 1.54) is 14.0 Å². The summed E-state index contributed by atoms with van der Waals surface area (Å²) in [6.07, 6.45) is -73.2. The van der Waals surface area contributed by atoms with Crippen LogP contribution < -0.4 is 38.4 Å². The number of Topliss-reactive ketones (excluding diaryl/α,β-unsaturated/α-hetero) is 2. The maximum absolute atomic E-state index is 14.2. The molecule has 21 aliphatic rings. The Balaban J connectivity index is 0.879. The highest BCUT2D eigenvalue weighted by Crippen LogP contribution is 2.41. The van der Waals surface area contributed by atoms with E-state index in [0.29, 0.717) is 34.4 Å². The maximum atomic E-state index is 14.2. The Labute approximate surface area is 784 Å². The summed E-state index contributed by atoms with van der Waals surface area (Å²) in [7, 11) is 1.43. The third kappa shape index (κ3) is 29.7. The van der Waals surface area contributed by atoms with Crippen LogP contribution >= 0.6 is 23.5 Å². The summed E-state index contributed by atoms with van der Waals surface area (Å²) in [5, 5.41) is 230. The van der Waals surface area contributed by atoms with Crippen LogP contribution in [0.1, 0.15) is 64.7 Å². The SMILES string of the molecule is CN[C@H](CSCC1O[C@H]2O[C@@H]3C(CO)O[C@H](O[C@@H]4C(CO)O[C@H](O[C@@H]5C(CO)O[C@@H](O[C@@H]6C(CSC[C@@H](CC(=O)COCCOCC(C)=O)C(=O)NCCCCCC(=O)OCn7cc(F)c(=O)[nH]c7=O)O[C@H](O[C@@H]7C(CO)O[C@@H](O[C@@H]8C(CO)O[C@@H](O[C@H]1[C@H](O)C2O)C(O)[C@H]8O)C(O)[C@H]7O)C(O)[C@H]6O)C(O)[C@H]5O)C(O)[C@H]4O)C(O)[C@H]3O)C(=O)NCCCCCC(=O)OCn1cc(F)c(=O)[nH]c1=O. The normalized spacial score (nSPS) is 36.5. The van der Waals surface area contributed by atoms with E-state index in [2.05, 4.69) is 16.0 Å². The average molecular weight is 2020 g/mol. The van der Waals surface area contributed by atoms with Crippen molar-refractivity contribution in [2.75, 3.05) is 103 Å². The molecule has 23 rings (SSSR count). The fraction of sp³-hybridized carbons (Fsp3) is 0.823. The highest BCUT2D eigenvalue weighted by atomic mass is 32.2. The minimum atomic E-state index is -2.39. The quantitative estimate of drug-likeness (QED) is 0.0217. The Morgan fingerprint density at radius 3 is 1.00 bits per heavy atom. The van der Waals surface area contributed by atoms with Crippen molar-refractivity contribution in [1.82, 2.24) is 35.1 Å². The molecule has 37 atom stereocenters. The number of hydrogen-bond acceptors (Lipinski definition) is 50. The number of aliphatic hydroxyl groups is 19. The summed E-state index contributed by atoms with van der Waals surface area (Å²) in [5.41, 5.74) is -4.61. The third-order valence-electron chi connectivity index (χ3n) is 23.4. The number of aliphatic hydroxyl groups excluding tert-OH is 19. The predicted molar refractivity (Wildman–Crippen MR) is 445 cm³/mol. The van der Waals surface area contributed by atoms with Gasteiger partial charge >= 0.3 is 23.3 Å². The topological polar surface area (TPSA) is 799 Å². The Morgan fingerprint density at radius 2 is 0.693 bits per heavy atom. The van der Waals surface area contributed by atoms with Gasteiger partial charge in [-0.15, -0.1) is 0 Å². The number of nitrogens with zero attached hydrogens (tertiary/aromatic N) is 2. The zero-order valence-corrected chi connectivity index (χ0v) is 75.4. The van der Waals surface area contributed by atoms with Gasteiger partial charge in [0, 0.05) is 55.4 Å². The lowest BCUT2D eigenvalue weighted by atomic mass is 9.95. The molecule has 780 valence electrons. The number of ether oxygens (including phenoxy) is 18. The number of unbranched alkanes of at least 4 members (excludes halogenated alkanes) is 4. The fourth-order valence-corrected chi connectivity index (χ4v) is 18.2. The van der Waals surface area contributed by atoms with Crippen LogP contribution in [0.3, 0.4) is 0 Å². The first-order valence-electron chi connectivity index (χ1n) is 43.9. The Hall–Kier alpha value is -6.30. The van der Waals surface area contributed by atoms with Crippen molar-refractivity contribution in [3.63, 3.8) is 0 Å². The Bertz CT molecular complexity index is 4400. The van der Waals surface area contributed by atoms with E-state index in [-0.39, 0.29) is 88.7 Å². The molecule has 2 aromatic rings. The fourth-order valence-electron chi connectivity index (χ4n) is 15.8. The van der Waals surface area contributed by atoms with Crippen molar-refractivity contribution >= 4 is 58.8 Å². The first kappa shape index (κ1) is 113. The molecule has 14 unspecified atom stereocenters. The van der Waals surface area contributed by atoms with Crippen molar-refractivity contribution in [1.29, 1.82) is 0 Å². The molecule has 58 heteroatoms. The number of halogens is 2. The largest absolute Gasteiger partial charge is 0.444 e. The second-order valence-electron chi connectivity index (χ2n) is 33.4. The van der Waals surface area contributed by atoms with Crippen molar-refractivity contribution < 1.29 is 220 Å². The zero-order chi connectivity index (χ0) is 99.9. The summed E-state index contributed by atoms with van der Waals surface area (Å²) >= 11 is 1.74. The van der Waals surface area contributed by atoms with Crippen LogP contribution in [-0.4, -0.2) is 475 Å². The van der Waals surface area contributed by atoms with Crippen LogP contribution in [0.4, 0.5) is 8.78 Å². The van der Waals surface area contributed by atoms with E-state index in [0.717, 1.165) is 23.5 Å². The van der Waals surface area contributed by atoms with Gasteiger partial charge in [-0.05, 0) is 39.7 Å². The van der Waals surface area contributed by atoms with Gasteiger partial charge in [0.15, 0.2) is 69.1 Å². The van der Waals surface area contributed by atoms with Crippen molar-refractivity contribution in [3.05, 3.63) is 65.7 Å². The molecule has 2 amide bonds. The van der Waals surface area contributed by atoms with Crippen molar-refractivity contribution in [2.45, 2.75) is 299 Å². The van der Waals surface area contributed by atoms with Gasteiger partial charge in [-0.2, -0.15) is 32.3 Å². The van der Waals surface area contributed by atoms with Gasteiger partial charge in [-0.25, -0.2) is 9.59 Å². The molecular formula is C79H121F2N7O47S2. The van der Waals surface area contributed by atoms with Crippen LogP contribution in [0.2, 0.25) is 0 Å². The van der Waals surface area contributed by atoms with Gasteiger partial charge in [-0.1, -0.05) is 12.8 Å². The molecule has 24 N–H and O–H groups in total. The predicted octanol–water partition coefficient (Wildman–Crippen LogP) is -14.2. The van der Waals surface area contributed by atoms with Crippen molar-refractivity contribution in [3.8, 4) is 0 Å². The number of rotatable bonds is 41. The van der Waals surface area contributed by atoms with Crippen LogP contribution in [0.15, 0.2) is 31.6 Å². The van der Waals surface area contributed by atoms with E-state index >= 15 is 0 Å². The standard InChI is InChI=1S/C79H121F2N7O47S2/c1-31(94)23-118-13-14-119-24-33(95)15-32(67(112)83-11-7-3-5-9-44(96)120-29-87-16-34(80)68(113)85-78(87)116)25-136-27-42-65-51(103)58(110)76(127-42)132-63-40(21-92)123-73(54(106)47(63)99)131-62-39(20-91)126-75(57(109)50(62)102)135-66-43(28-137-26-36(82-2)70(115)84-12-8-4-6-10-45(97)121-30-88-17-35(81)69(114)86-79(88)117)128-77(59(111)52(66)104)133-64-41(22-93)124-72(55(107)48(64)100)129-60-37(18-89)122-71(53(105)46(60)98)130-61-38(19-90)125-74(134-65)56(108)49(61)101/h16-17,32,36-43,46-66,71-77,82,89-93,98-111H,3-15,18-30H2,1-2H3,(H,83,112)(H,84,115)(H,85,113,116)(H,86,114,117)/t32-,36-,37?,38?,39?,40?,41?,42?,43?,46-,47-,48-,49-,50-,51-,52-,53?,54?,55?,56?,57?,58?,59?,60-,61-,62-,63-,64-,65-,66-,71-,72-,73+,74+,75+,76-,77+/m1/s1. The number of carbonyl (C=O) groups excluding carboxylic acids is 6. The minimum Gasteiger partial charge on any atom is -0.444 e. The maximum Gasteiger partial charge on any atom is 0.331 e. The highest BCUT2D eigenvalue weighted by molar-refractivity contribution is 7.99. The lowest BCUT2D eigenvalue weighted by molar-refractivity contribution is -0.395. The van der Waals surface area contributed by atoms with Gasteiger partial charge in [-0.3, -0.25) is 57.5 Å². The summed E-state index contributed by atoms with van der Waals surface area (Å²) in [6, 6.07) is -1.02. The number of aromatic nitrogens is 4. The van der Waals surface area contributed by atoms with Gasteiger partial charge in [0.25, 0.3) is 11.1 Å². The molecule has 137 heavy (non-hydrogen) atoms. The molecule has 2 aromatic heterocycles. The summed E-state index contributed by atoms with van der Waals surface area (Å²) in [5.74, 6) is -9.05. The average Bonchev–Trinajstić information content (AvgIpc) is 0.807. The lowest BCUT2D eigenvalue weighted by Gasteiger charge is -2.50. The molecule has 54 nitrogen and oxygen atoms in total. The van der Waals surface area contributed by atoms with Gasteiger partial charge in [0.05, 0.1) is 82.8 Å². The van der Waals surface area contributed by atoms with E-state index in [1.54, 1.807) is 9.97 Å². The molecule has 0 radical (unpaired) electrons. The van der Waals surface area contributed by atoms with Crippen LogP contribution in [0.5, 0.6) is 0 Å². The Kier molecular flexibility index (Phi) is 44.3. The number of H-pyrrole nitrogens is 2. The summed E-state index contributed by atoms with van der Waals surface area (Å²) in [6.45, 7) is -7.03. The molecule has 21 aliphatic heterocycles. The van der Waals surface area contributed by atoms with Crippen molar-refractivity contribution in [2.24, 2.45) is 5.92 Å². The first-order valence-corrected chi connectivity index (χ1v) is 46.2. The van der Waals surface area contributed by atoms with Crippen LogP contribution in [0, 0.1) is 17.6 Å². The lowest BCUT2D eigenvalue weighted by Crippen LogP contribution is -2.68. The number of aromatic amines is 2. The van der Waals surface area contributed by atoms with E-state index in [1.807, 2.05) is 0 Å². The zero-order valence-electron chi connectivity index (χ0n) is 73.8. The Morgan fingerprint density at radius 1 is 0.401 bits per heavy atom. The molecule has 21 fully saturated rings. The number of amides is 2. The van der Waals surface area contributed by atoms with Gasteiger partial charge in [0.2, 0.25) is 23.4 Å². The number of hydrogen-bond donors (Lipinski definition) is 24. The van der Waals surface area contributed by atoms with Gasteiger partial charge in [0.1, 0.15) is 172 Å².